The molecule has 2 N–H and O–H groups in total. The van der Waals surface area contributed by atoms with Crippen molar-refractivity contribution in [2.24, 2.45) is 5.92 Å². The lowest BCUT2D eigenvalue weighted by Crippen LogP contribution is -2.33. The molecule has 1 fully saturated rings. The van der Waals surface area contributed by atoms with Crippen LogP contribution < -0.4 is 10.6 Å². The average molecular weight is 273 g/mol. The lowest BCUT2D eigenvalue weighted by molar-refractivity contribution is 0.0946. The van der Waals surface area contributed by atoms with E-state index in [1.807, 2.05) is 12.1 Å². The maximum Gasteiger partial charge on any atom is 0.251 e. The molecule has 0 saturated carbocycles. The Hall–Kier alpha value is -1.39. The summed E-state index contributed by atoms with van der Waals surface area (Å²) < 4.78 is 0. The van der Waals surface area contributed by atoms with Crippen LogP contribution in [0.15, 0.2) is 18.2 Å². The van der Waals surface area contributed by atoms with E-state index in [4.69, 9.17) is 0 Å². The summed E-state index contributed by atoms with van der Waals surface area (Å²) in [5.74, 6) is 0.698. The van der Waals surface area contributed by atoms with E-state index in [0.29, 0.717) is 5.92 Å². The molecule has 108 valence electrons. The molecule has 1 saturated heterocycles. The number of fused-ring (bicyclic) bond motifs is 1. The molecule has 20 heavy (non-hydrogen) atoms. The second kappa shape index (κ2) is 5.94. The number of benzene rings is 1. The van der Waals surface area contributed by atoms with Crippen LogP contribution in [0, 0.1) is 5.92 Å². The molecule has 2 aliphatic rings. The smallest absolute Gasteiger partial charge is 0.251 e. The van der Waals surface area contributed by atoms with Crippen LogP contribution >= 0.6 is 0 Å². The minimum atomic E-state index is 0.0957. The van der Waals surface area contributed by atoms with Gasteiger partial charge in [-0.2, -0.15) is 0 Å². The molecule has 3 rings (SSSR count). The summed E-state index contributed by atoms with van der Waals surface area (Å²) in [6.45, 7) is 4.88. The van der Waals surface area contributed by atoms with Crippen molar-refractivity contribution in [3.8, 4) is 0 Å². The number of nitrogens with one attached hydrogen (secondary N) is 2. The highest BCUT2D eigenvalue weighted by Gasteiger charge is 2.21. The molecule has 1 aromatic carbocycles. The number of amides is 1. The maximum absolute atomic E-state index is 12.4. The van der Waals surface area contributed by atoms with Crippen molar-refractivity contribution in [2.45, 2.75) is 19.4 Å². The first kappa shape index (κ1) is 13.6. The van der Waals surface area contributed by atoms with Crippen LogP contribution in [-0.4, -0.2) is 44.0 Å². The van der Waals surface area contributed by atoms with Crippen LogP contribution in [-0.2, 0) is 13.0 Å². The Balaban J connectivity index is 1.65. The van der Waals surface area contributed by atoms with Crippen molar-refractivity contribution in [3.05, 3.63) is 34.9 Å². The number of nitrogens with zero attached hydrogens (tertiary/aromatic N) is 1. The summed E-state index contributed by atoms with van der Waals surface area (Å²) >= 11 is 0. The van der Waals surface area contributed by atoms with E-state index in [-0.39, 0.29) is 5.91 Å². The number of carbonyl (C=O) groups is 1. The van der Waals surface area contributed by atoms with Gasteiger partial charge in [-0.1, -0.05) is 12.1 Å². The van der Waals surface area contributed by atoms with Crippen LogP contribution in [0.1, 0.15) is 27.9 Å². The SMILES string of the molecule is CN1CCC(CNC(=O)c2cccc3c2CCNC3)C1. The first-order chi connectivity index (χ1) is 9.74. The fourth-order valence-electron chi connectivity index (χ4n) is 3.27. The van der Waals surface area contributed by atoms with E-state index in [2.05, 4.69) is 28.6 Å². The zero-order valence-electron chi connectivity index (χ0n) is 12.1. The van der Waals surface area contributed by atoms with E-state index in [1.54, 1.807) is 0 Å². The Morgan fingerprint density at radius 2 is 2.40 bits per heavy atom. The number of rotatable bonds is 3. The summed E-state index contributed by atoms with van der Waals surface area (Å²) in [5, 5.41) is 6.48. The van der Waals surface area contributed by atoms with Crippen molar-refractivity contribution >= 4 is 5.91 Å². The minimum absolute atomic E-state index is 0.0957. The molecule has 1 aromatic rings. The molecular formula is C16H23N3O. The Labute approximate surface area is 120 Å². The Morgan fingerprint density at radius 1 is 1.50 bits per heavy atom. The summed E-state index contributed by atoms with van der Waals surface area (Å²) in [4.78, 5) is 14.7. The number of hydrogen-bond donors (Lipinski definition) is 2. The van der Waals surface area contributed by atoms with Gasteiger partial charge < -0.3 is 15.5 Å². The third kappa shape index (κ3) is 2.86. The predicted molar refractivity (Wildman–Crippen MR) is 79.8 cm³/mol. The second-order valence-corrected chi connectivity index (χ2v) is 6.00. The number of likely N-dealkylation sites (tertiary alicyclic amines) is 1. The normalized spacial score (nSPS) is 22.6. The minimum Gasteiger partial charge on any atom is -0.352 e. The van der Waals surface area contributed by atoms with Gasteiger partial charge in [-0.15, -0.1) is 0 Å². The van der Waals surface area contributed by atoms with Crippen LogP contribution in [0.25, 0.3) is 0 Å². The molecule has 0 aromatic heterocycles. The number of hydrogen-bond acceptors (Lipinski definition) is 3. The lowest BCUT2D eigenvalue weighted by Gasteiger charge is -2.20. The lowest BCUT2D eigenvalue weighted by atomic mass is 9.95. The maximum atomic E-state index is 12.4. The second-order valence-electron chi connectivity index (χ2n) is 6.00. The first-order valence-corrected chi connectivity index (χ1v) is 7.52. The Morgan fingerprint density at radius 3 is 3.20 bits per heavy atom. The van der Waals surface area contributed by atoms with Gasteiger partial charge in [-0.3, -0.25) is 4.79 Å². The molecule has 1 unspecified atom stereocenters. The van der Waals surface area contributed by atoms with Gasteiger partial charge in [-0.05, 0) is 56.1 Å². The number of carbonyl (C=O) groups excluding carboxylic acids is 1. The van der Waals surface area contributed by atoms with Crippen molar-refractivity contribution < 1.29 is 4.79 Å². The third-order valence-electron chi connectivity index (χ3n) is 4.43. The molecule has 0 aliphatic carbocycles. The molecule has 0 spiro atoms. The molecule has 4 heteroatoms. The van der Waals surface area contributed by atoms with Crippen molar-refractivity contribution in [2.75, 3.05) is 33.2 Å². The fourth-order valence-corrected chi connectivity index (χ4v) is 3.27. The molecule has 4 nitrogen and oxygen atoms in total. The van der Waals surface area contributed by atoms with E-state index < -0.39 is 0 Å². The van der Waals surface area contributed by atoms with Crippen LogP contribution in [0.2, 0.25) is 0 Å². The molecule has 0 bridgehead atoms. The zero-order chi connectivity index (χ0) is 13.9. The topological polar surface area (TPSA) is 44.4 Å². The highest BCUT2D eigenvalue weighted by atomic mass is 16.1. The summed E-state index contributed by atoms with van der Waals surface area (Å²) in [5.41, 5.74) is 3.37. The molecule has 1 atom stereocenters. The molecule has 1 amide bonds. The van der Waals surface area contributed by atoms with E-state index in [1.165, 1.54) is 17.5 Å². The summed E-state index contributed by atoms with van der Waals surface area (Å²) in [6, 6.07) is 6.06. The van der Waals surface area contributed by atoms with Gasteiger partial charge in [0.1, 0.15) is 0 Å². The van der Waals surface area contributed by atoms with Gasteiger partial charge in [0.2, 0.25) is 0 Å². The molecule has 2 aliphatic heterocycles. The molecule has 0 radical (unpaired) electrons. The Kier molecular flexibility index (Phi) is 4.03. The van der Waals surface area contributed by atoms with E-state index in [9.17, 15) is 4.79 Å². The van der Waals surface area contributed by atoms with Crippen LogP contribution in [0.5, 0.6) is 0 Å². The summed E-state index contributed by atoms with van der Waals surface area (Å²) in [7, 11) is 2.14. The first-order valence-electron chi connectivity index (χ1n) is 7.52. The van der Waals surface area contributed by atoms with Gasteiger partial charge in [0, 0.05) is 25.2 Å². The monoisotopic (exact) mass is 273 g/mol. The van der Waals surface area contributed by atoms with Gasteiger partial charge in [-0.25, -0.2) is 0 Å². The van der Waals surface area contributed by atoms with E-state index in [0.717, 1.165) is 44.7 Å². The zero-order valence-corrected chi connectivity index (χ0v) is 12.1. The van der Waals surface area contributed by atoms with Crippen molar-refractivity contribution in [3.63, 3.8) is 0 Å². The third-order valence-corrected chi connectivity index (χ3v) is 4.43. The Bertz CT molecular complexity index is 500. The highest BCUT2D eigenvalue weighted by molar-refractivity contribution is 5.96. The van der Waals surface area contributed by atoms with Crippen LogP contribution in [0.3, 0.4) is 0 Å². The van der Waals surface area contributed by atoms with Crippen molar-refractivity contribution in [1.82, 2.24) is 15.5 Å². The van der Waals surface area contributed by atoms with Gasteiger partial charge in [0.05, 0.1) is 0 Å². The fraction of sp³-hybridized carbons (Fsp3) is 0.562. The molecular weight excluding hydrogens is 250 g/mol. The van der Waals surface area contributed by atoms with Crippen LogP contribution in [0.4, 0.5) is 0 Å². The van der Waals surface area contributed by atoms with Gasteiger partial charge in [0.25, 0.3) is 5.91 Å². The highest BCUT2D eigenvalue weighted by Crippen LogP contribution is 2.19. The van der Waals surface area contributed by atoms with Gasteiger partial charge in [0.15, 0.2) is 0 Å². The molecule has 2 heterocycles. The predicted octanol–water partition coefficient (Wildman–Crippen LogP) is 1.01. The van der Waals surface area contributed by atoms with E-state index >= 15 is 0 Å². The largest absolute Gasteiger partial charge is 0.352 e. The quantitative estimate of drug-likeness (QED) is 0.864. The summed E-state index contributed by atoms with van der Waals surface area (Å²) in [6.07, 6.45) is 2.14. The van der Waals surface area contributed by atoms with Gasteiger partial charge >= 0.3 is 0 Å². The van der Waals surface area contributed by atoms with Crippen molar-refractivity contribution in [1.29, 1.82) is 0 Å². The standard InChI is InChI=1S/C16H23N3O/c1-19-8-6-12(11-19)9-18-16(20)15-4-2-3-13-10-17-7-5-14(13)15/h2-4,12,17H,5-11H2,1H3,(H,18,20). The average Bonchev–Trinajstić information content (AvgIpc) is 2.90.